The lowest BCUT2D eigenvalue weighted by Gasteiger charge is -2.34. The predicted molar refractivity (Wildman–Crippen MR) is 119 cm³/mol. The van der Waals surface area contributed by atoms with Crippen molar-refractivity contribution in [1.29, 1.82) is 0 Å². The Hall–Kier alpha value is -3.39. The van der Waals surface area contributed by atoms with Gasteiger partial charge in [0.25, 0.3) is 0 Å². The smallest absolute Gasteiger partial charge is 0.194 e. The van der Waals surface area contributed by atoms with Gasteiger partial charge in [-0.05, 0) is 29.8 Å². The van der Waals surface area contributed by atoms with Gasteiger partial charge >= 0.3 is 0 Å². The third-order valence-corrected chi connectivity index (χ3v) is 5.14. The Balaban J connectivity index is 1.33. The summed E-state index contributed by atoms with van der Waals surface area (Å²) in [4.78, 5) is 11.0. The second-order valence-electron chi connectivity index (χ2n) is 7.41. The molecule has 0 saturated carbocycles. The van der Waals surface area contributed by atoms with Crippen molar-refractivity contribution in [3.05, 3.63) is 77.9 Å². The van der Waals surface area contributed by atoms with E-state index in [9.17, 15) is 0 Å². The number of ether oxygens (including phenoxy) is 2. The zero-order valence-corrected chi connectivity index (χ0v) is 17.9. The van der Waals surface area contributed by atoms with Crippen LogP contribution in [0.25, 0.3) is 0 Å². The molecule has 1 saturated heterocycles. The number of rotatable bonds is 6. The topological polar surface area (TPSA) is 76.8 Å². The minimum atomic E-state index is -0.00989. The van der Waals surface area contributed by atoms with Crippen molar-refractivity contribution in [3.8, 4) is 5.75 Å². The van der Waals surface area contributed by atoms with Gasteiger partial charge in [0, 0.05) is 45.1 Å². The van der Waals surface area contributed by atoms with E-state index in [0.717, 1.165) is 41.6 Å². The van der Waals surface area contributed by atoms with Gasteiger partial charge in [-0.25, -0.2) is 0 Å². The second kappa shape index (κ2) is 10.1. The van der Waals surface area contributed by atoms with Crippen molar-refractivity contribution in [2.75, 3.05) is 26.7 Å². The van der Waals surface area contributed by atoms with Crippen molar-refractivity contribution < 1.29 is 9.47 Å². The van der Waals surface area contributed by atoms with Gasteiger partial charge in [-0.15, -0.1) is 0 Å². The molecule has 0 amide bonds. The number of benzene rings is 1. The normalized spacial score (nSPS) is 16.9. The molecule has 1 atom stereocenters. The predicted octanol–water partition coefficient (Wildman–Crippen LogP) is 2.54. The third-order valence-electron chi connectivity index (χ3n) is 5.14. The number of aryl methyl sites for hydroxylation is 1. The molecule has 8 nitrogen and oxygen atoms in total. The van der Waals surface area contributed by atoms with Crippen molar-refractivity contribution in [1.82, 2.24) is 25.0 Å². The molecule has 3 aromatic rings. The van der Waals surface area contributed by atoms with Crippen molar-refractivity contribution >= 4 is 5.96 Å². The van der Waals surface area contributed by atoms with Gasteiger partial charge in [-0.1, -0.05) is 18.2 Å². The first-order valence-corrected chi connectivity index (χ1v) is 10.4. The van der Waals surface area contributed by atoms with Crippen molar-refractivity contribution in [2.24, 2.45) is 12.0 Å². The molecule has 0 aliphatic carbocycles. The van der Waals surface area contributed by atoms with E-state index in [2.05, 4.69) is 31.4 Å². The van der Waals surface area contributed by atoms with Gasteiger partial charge in [-0.2, -0.15) is 5.10 Å². The van der Waals surface area contributed by atoms with E-state index in [1.165, 1.54) is 0 Å². The number of hydrogen-bond donors (Lipinski definition) is 1. The summed E-state index contributed by atoms with van der Waals surface area (Å²) in [5, 5.41) is 7.72. The Morgan fingerprint density at radius 2 is 2.23 bits per heavy atom. The highest BCUT2D eigenvalue weighted by Gasteiger charge is 2.25. The summed E-state index contributed by atoms with van der Waals surface area (Å²) < 4.78 is 13.6. The number of hydrogen-bond acceptors (Lipinski definition) is 5. The van der Waals surface area contributed by atoms with Crippen LogP contribution in [0.1, 0.15) is 22.9 Å². The Bertz CT molecular complexity index is 1000. The van der Waals surface area contributed by atoms with E-state index >= 15 is 0 Å². The lowest BCUT2D eigenvalue weighted by Crippen LogP contribution is -2.47. The minimum Gasteiger partial charge on any atom is -0.487 e. The van der Waals surface area contributed by atoms with E-state index in [-0.39, 0.29) is 6.10 Å². The van der Waals surface area contributed by atoms with Gasteiger partial charge in [0.1, 0.15) is 18.5 Å². The maximum absolute atomic E-state index is 5.94. The van der Waals surface area contributed by atoms with E-state index in [4.69, 9.17) is 9.47 Å². The molecular weight excluding hydrogens is 392 g/mol. The molecule has 1 aromatic carbocycles. The van der Waals surface area contributed by atoms with Crippen LogP contribution in [0.4, 0.5) is 0 Å². The SMILES string of the molecule is CN=C(NCc1cccc(OCc2ccccn2)c1)N1CCOC(c2cnn(C)c2)C1. The van der Waals surface area contributed by atoms with Crippen LogP contribution in [0.3, 0.4) is 0 Å². The molecule has 8 heteroatoms. The number of nitrogens with one attached hydrogen (secondary N) is 1. The number of pyridine rings is 1. The van der Waals surface area contributed by atoms with Crippen LogP contribution in [-0.2, 0) is 24.9 Å². The van der Waals surface area contributed by atoms with Crippen LogP contribution in [0.15, 0.2) is 66.0 Å². The summed E-state index contributed by atoms with van der Waals surface area (Å²) in [6, 6.07) is 13.9. The molecule has 1 fully saturated rings. The highest BCUT2D eigenvalue weighted by molar-refractivity contribution is 5.80. The van der Waals surface area contributed by atoms with E-state index in [1.54, 1.807) is 10.9 Å². The summed E-state index contributed by atoms with van der Waals surface area (Å²) in [5.41, 5.74) is 3.11. The van der Waals surface area contributed by atoms with E-state index < -0.39 is 0 Å². The van der Waals surface area contributed by atoms with Gasteiger partial charge in [0.2, 0.25) is 0 Å². The quantitative estimate of drug-likeness (QED) is 0.488. The first kappa shape index (κ1) is 20.9. The Kier molecular flexibility index (Phi) is 6.78. The molecule has 31 heavy (non-hydrogen) atoms. The van der Waals surface area contributed by atoms with Crippen LogP contribution >= 0.6 is 0 Å². The van der Waals surface area contributed by atoms with E-state index in [1.807, 2.05) is 62.9 Å². The van der Waals surface area contributed by atoms with Crippen LogP contribution in [0.5, 0.6) is 5.75 Å². The van der Waals surface area contributed by atoms with Crippen molar-refractivity contribution in [2.45, 2.75) is 19.3 Å². The second-order valence-corrected chi connectivity index (χ2v) is 7.41. The largest absolute Gasteiger partial charge is 0.487 e. The highest BCUT2D eigenvalue weighted by Crippen LogP contribution is 2.22. The molecule has 0 radical (unpaired) electrons. The molecular formula is C23H28N6O2. The van der Waals surface area contributed by atoms with Crippen LogP contribution in [0, 0.1) is 0 Å². The van der Waals surface area contributed by atoms with Gasteiger partial charge in [0.05, 0.1) is 25.0 Å². The first-order valence-electron chi connectivity index (χ1n) is 10.4. The summed E-state index contributed by atoms with van der Waals surface area (Å²) in [6.07, 6.45) is 5.63. The van der Waals surface area contributed by atoms with Gasteiger partial charge in [0.15, 0.2) is 5.96 Å². The third kappa shape index (κ3) is 5.61. The standard InChI is InChI=1S/C23H28N6O2/c1-24-23(29-10-11-30-22(16-29)19-14-27-28(2)15-19)26-13-18-6-5-8-21(12-18)31-17-20-7-3-4-9-25-20/h3-9,12,14-15,22H,10-11,13,16-17H2,1-2H3,(H,24,26). The molecule has 1 aliphatic rings. The summed E-state index contributed by atoms with van der Waals surface area (Å²) in [5.74, 6) is 1.68. The lowest BCUT2D eigenvalue weighted by atomic mass is 10.1. The summed E-state index contributed by atoms with van der Waals surface area (Å²) >= 11 is 0. The van der Waals surface area contributed by atoms with Gasteiger partial charge in [-0.3, -0.25) is 14.7 Å². The summed E-state index contributed by atoms with van der Waals surface area (Å²) in [6.45, 7) is 3.28. The molecule has 0 bridgehead atoms. The molecule has 4 rings (SSSR count). The fourth-order valence-corrected chi connectivity index (χ4v) is 3.55. The molecule has 1 aliphatic heterocycles. The lowest BCUT2D eigenvalue weighted by molar-refractivity contribution is -0.00805. The van der Waals surface area contributed by atoms with Crippen LogP contribution in [-0.4, -0.2) is 52.4 Å². The molecule has 1 N–H and O–H groups in total. The molecule has 162 valence electrons. The maximum atomic E-state index is 5.94. The highest BCUT2D eigenvalue weighted by atomic mass is 16.5. The van der Waals surface area contributed by atoms with E-state index in [0.29, 0.717) is 19.8 Å². The summed E-state index contributed by atoms with van der Waals surface area (Å²) in [7, 11) is 3.72. The molecule has 1 unspecified atom stereocenters. The average molecular weight is 421 g/mol. The minimum absolute atomic E-state index is 0.00989. The zero-order valence-electron chi connectivity index (χ0n) is 17.9. The monoisotopic (exact) mass is 420 g/mol. The zero-order chi connectivity index (χ0) is 21.5. The van der Waals surface area contributed by atoms with Gasteiger partial charge < -0.3 is 19.7 Å². The van der Waals surface area contributed by atoms with Crippen molar-refractivity contribution in [3.63, 3.8) is 0 Å². The van der Waals surface area contributed by atoms with Crippen LogP contribution < -0.4 is 10.1 Å². The van der Waals surface area contributed by atoms with Crippen LogP contribution in [0.2, 0.25) is 0 Å². The number of nitrogens with zero attached hydrogens (tertiary/aromatic N) is 5. The number of aromatic nitrogens is 3. The number of morpholine rings is 1. The molecule has 0 spiro atoms. The molecule has 2 aromatic heterocycles. The molecule has 3 heterocycles. The number of guanidine groups is 1. The first-order chi connectivity index (χ1) is 15.2. The number of aliphatic imine (C=N–C) groups is 1. The fraction of sp³-hybridized carbons (Fsp3) is 0.348. The Morgan fingerprint density at radius 1 is 1.29 bits per heavy atom. The average Bonchev–Trinajstić information content (AvgIpc) is 3.26. The maximum Gasteiger partial charge on any atom is 0.194 e. The fourth-order valence-electron chi connectivity index (χ4n) is 3.55. The Morgan fingerprint density at radius 3 is 3.00 bits per heavy atom. The Labute approximate surface area is 182 Å².